The van der Waals surface area contributed by atoms with Crippen LogP contribution in [-0.4, -0.2) is 5.78 Å². The standard InChI is InChI=1S/C15H18O/c1-11(2)9-15(16)10-13(4)14-7-5-12(3)6-8-14/h5-10H,1-4H3. The van der Waals surface area contributed by atoms with E-state index in [9.17, 15) is 4.79 Å². The Balaban J connectivity index is 2.89. The minimum atomic E-state index is 0.0538. The molecule has 0 aromatic heterocycles. The Morgan fingerprint density at radius 2 is 1.56 bits per heavy atom. The number of benzene rings is 1. The summed E-state index contributed by atoms with van der Waals surface area (Å²) in [6, 6.07) is 8.18. The van der Waals surface area contributed by atoms with Gasteiger partial charge in [-0.05, 0) is 51.0 Å². The molecule has 0 bridgehead atoms. The summed E-state index contributed by atoms with van der Waals surface area (Å²) in [4.78, 5) is 11.6. The molecular formula is C15H18O. The van der Waals surface area contributed by atoms with Crippen molar-refractivity contribution in [1.29, 1.82) is 0 Å². The average molecular weight is 214 g/mol. The second-order valence-electron chi connectivity index (χ2n) is 4.32. The van der Waals surface area contributed by atoms with Crippen molar-refractivity contribution < 1.29 is 4.79 Å². The Labute approximate surface area is 97.5 Å². The van der Waals surface area contributed by atoms with Gasteiger partial charge in [0.15, 0.2) is 5.78 Å². The van der Waals surface area contributed by atoms with Gasteiger partial charge < -0.3 is 0 Å². The fraction of sp³-hybridized carbons (Fsp3) is 0.267. The second-order valence-corrected chi connectivity index (χ2v) is 4.32. The van der Waals surface area contributed by atoms with Gasteiger partial charge in [-0.3, -0.25) is 4.79 Å². The lowest BCUT2D eigenvalue weighted by atomic mass is 10.0. The molecule has 1 aromatic carbocycles. The predicted molar refractivity (Wildman–Crippen MR) is 69.3 cm³/mol. The molecule has 0 unspecified atom stereocenters. The van der Waals surface area contributed by atoms with Gasteiger partial charge in [0.1, 0.15) is 0 Å². The highest BCUT2D eigenvalue weighted by molar-refractivity contribution is 6.04. The molecule has 0 aliphatic heterocycles. The lowest BCUT2D eigenvalue weighted by Crippen LogP contribution is -1.90. The Hall–Kier alpha value is -1.63. The number of aryl methyl sites for hydroxylation is 1. The van der Waals surface area contributed by atoms with Crippen molar-refractivity contribution in [2.75, 3.05) is 0 Å². The first-order chi connectivity index (χ1) is 7.49. The van der Waals surface area contributed by atoms with Crippen molar-refractivity contribution in [3.63, 3.8) is 0 Å². The molecule has 0 N–H and O–H groups in total. The molecule has 0 atom stereocenters. The fourth-order valence-electron chi connectivity index (χ4n) is 1.44. The van der Waals surface area contributed by atoms with Crippen LogP contribution in [0.1, 0.15) is 31.9 Å². The normalized spacial score (nSPS) is 11.1. The second kappa shape index (κ2) is 5.45. The topological polar surface area (TPSA) is 17.1 Å². The maximum atomic E-state index is 11.6. The zero-order valence-electron chi connectivity index (χ0n) is 10.4. The molecule has 0 saturated heterocycles. The van der Waals surface area contributed by atoms with Crippen LogP contribution in [-0.2, 0) is 4.79 Å². The van der Waals surface area contributed by atoms with E-state index in [1.54, 1.807) is 12.2 Å². The van der Waals surface area contributed by atoms with Gasteiger partial charge >= 0.3 is 0 Å². The molecule has 0 spiro atoms. The van der Waals surface area contributed by atoms with Crippen LogP contribution in [0, 0.1) is 6.92 Å². The van der Waals surface area contributed by atoms with Crippen molar-refractivity contribution in [2.24, 2.45) is 0 Å². The molecule has 16 heavy (non-hydrogen) atoms. The summed E-state index contributed by atoms with van der Waals surface area (Å²) in [6.07, 6.45) is 3.33. The third-order valence-electron chi connectivity index (χ3n) is 2.30. The number of allylic oxidation sites excluding steroid dienone is 4. The van der Waals surface area contributed by atoms with E-state index in [0.29, 0.717) is 0 Å². The lowest BCUT2D eigenvalue weighted by Gasteiger charge is -2.01. The van der Waals surface area contributed by atoms with Crippen LogP contribution in [0.5, 0.6) is 0 Å². The number of hydrogen-bond acceptors (Lipinski definition) is 1. The fourth-order valence-corrected chi connectivity index (χ4v) is 1.44. The van der Waals surface area contributed by atoms with Gasteiger partial charge in [-0.1, -0.05) is 35.4 Å². The lowest BCUT2D eigenvalue weighted by molar-refractivity contribution is -0.110. The minimum Gasteiger partial charge on any atom is -0.290 e. The average Bonchev–Trinajstić information content (AvgIpc) is 2.16. The molecule has 1 rings (SSSR count). The van der Waals surface area contributed by atoms with E-state index < -0.39 is 0 Å². The van der Waals surface area contributed by atoms with Gasteiger partial charge in [0.25, 0.3) is 0 Å². The zero-order chi connectivity index (χ0) is 12.1. The third kappa shape index (κ3) is 3.85. The maximum absolute atomic E-state index is 11.6. The summed E-state index contributed by atoms with van der Waals surface area (Å²) in [6.45, 7) is 7.86. The molecule has 1 aromatic rings. The summed E-state index contributed by atoms with van der Waals surface area (Å²) < 4.78 is 0. The monoisotopic (exact) mass is 214 g/mol. The van der Waals surface area contributed by atoms with Crippen molar-refractivity contribution in [1.82, 2.24) is 0 Å². The van der Waals surface area contributed by atoms with Crippen LogP contribution in [0.3, 0.4) is 0 Å². The molecule has 0 aliphatic carbocycles. The van der Waals surface area contributed by atoms with Crippen molar-refractivity contribution >= 4 is 11.4 Å². The molecule has 1 nitrogen and oxygen atoms in total. The molecule has 0 heterocycles. The molecular weight excluding hydrogens is 196 g/mol. The first-order valence-electron chi connectivity index (χ1n) is 5.43. The number of rotatable bonds is 3. The molecule has 84 valence electrons. The van der Waals surface area contributed by atoms with Gasteiger partial charge in [-0.2, -0.15) is 0 Å². The molecule has 0 aliphatic rings. The van der Waals surface area contributed by atoms with Crippen LogP contribution >= 0.6 is 0 Å². The highest BCUT2D eigenvalue weighted by Crippen LogP contribution is 2.14. The van der Waals surface area contributed by atoms with Crippen molar-refractivity contribution in [2.45, 2.75) is 27.7 Å². The van der Waals surface area contributed by atoms with Gasteiger partial charge in [-0.25, -0.2) is 0 Å². The van der Waals surface area contributed by atoms with Crippen LogP contribution in [0.4, 0.5) is 0 Å². The highest BCUT2D eigenvalue weighted by Gasteiger charge is 1.98. The van der Waals surface area contributed by atoms with E-state index in [4.69, 9.17) is 0 Å². The SMILES string of the molecule is CC(C)=CC(=O)C=C(C)c1ccc(C)cc1. The van der Waals surface area contributed by atoms with Gasteiger partial charge in [0.2, 0.25) is 0 Å². The minimum absolute atomic E-state index is 0.0538. The van der Waals surface area contributed by atoms with E-state index in [2.05, 4.69) is 19.1 Å². The van der Waals surface area contributed by atoms with Crippen LogP contribution in [0.2, 0.25) is 0 Å². The van der Waals surface area contributed by atoms with E-state index in [-0.39, 0.29) is 5.78 Å². The molecule has 0 radical (unpaired) electrons. The molecule has 1 heteroatoms. The molecule has 0 amide bonds. The Morgan fingerprint density at radius 3 is 2.06 bits per heavy atom. The summed E-state index contributed by atoms with van der Waals surface area (Å²) in [5.74, 6) is 0.0538. The molecule has 0 saturated carbocycles. The Bertz CT molecular complexity index is 429. The highest BCUT2D eigenvalue weighted by atomic mass is 16.1. The Morgan fingerprint density at radius 1 is 1.00 bits per heavy atom. The quantitative estimate of drug-likeness (QED) is 0.697. The summed E-state index contributed by atoms with van der Waals surface area (Å²) >= 11 is 0. The smallest absolute Gasteiger partial charge is 0.178 e. The van der Waals surface area contributed by atoms with Gasteiger partial charge in [0, 0.05) is 0 Å². The zero-order valence-corrected chi connectivity index (χ0v) is 10.4. The number of carbonyl (C=O) groups is 1. The van der Waals surface area contributed by atoms with E-state index in [1.807, 2.05) is 32.9 Å². The van der Waals surface area contributed by atoms with E-state index >= 15 is 0 Å². The number of ketones is 1. The van der Waals surface area contributed by atoms with Gasteiger partial charge in [-0.15, -0.1) is 0 Å². The number of carbonyl (C=O) groups excluding carboxylic acids is 1. The summed E-state index contributed by atoms with van der Waals surface area (Å²) in [5, 5.41) is 0. The van der Waals surface area contributed by atoms with Crippen molar-refractivity contribution in [3.05, 3.63) is 53.1 Å². The van der Waals surface area contributed by atoms with Crippen LogP contribution in [0.15, 0.2) is 42.0 Å². The largest absolute Gasteiger partial charge is 0.290 e. The van der Waals surface area contributed by atoms with Crippen molar-refractivity contribution in [3.8, 4) is 0 Å². The predicted octanol–water partition coefficient (Wildman–Crippen LogP) is 3.93. The Kier molecular flexibility index (Phi) is 4.24. The first-order valence-corrected chi connectivity index (χ1v) is 5.43. The van der Waals surface area contributed by atoms with Gasteiger partial charge in [0.05, 0.1) is 0 Å². The van der Waals surface area contributed by atoms with E-state index in [1.165, 1.54) is 5.56 Å². The van der Waals surface area contributed by atoms with Crippen LogP contribution < -0.4 is 0 Å². The first kappa shape index (κ1) is 12.4. The van der Waals surface area contributed by atoms with Crippen LogP contribution in [0.25, 0.3) is 5.57 Å². The number of hydrogen-bond donors (Lipinski definition) is 0. The summed E-state index contributed by atoms with van der Waals surface area (Å²) in [5.41, 5.74) is 4.36. The van der Waals surface area contributed by atoms with E-state index in [0.717, 1.165) is 16.7 Å². The summed E-state index contributed by atoms with van der Waals surface area (Å²) in [7, 11) is 0. The molecule has 0 fully saturated rings. The maximum Gasteiger partial charge on any atom is 0.178 e. The third-order valence-corrected chi connectivity index (χ3v) is 2.30.